The fourth-order valence-electron chi connectivity index (χ4n) is 6.09. The summed E-state index contributed by atoms with van der Waals surface area (Å²) in [6, 6.07) is 0. The Kier molecular flexibility index (Phi) is 38.6. The summed E-state index contributed by atoms with van der Waals surface area (Å²) >= 11 is 0. The summed E-state index contributed by atoms with van der Waals surface area (Å²) in [6.45, 7) is 5.57. The maximum Gasteiger partial charge on any atom is 0.472 e. The number of rotatable bonds is 42. The van der Waals surface area contributed by atoms with Crippen LogP contribution in [0.2, 0.25) is 0 Å². The van der Waals surface area contributed by atoms with Crippen molar-refractivity contribution >= 4 is 13.8 Å². The molecule has 0 fully saturated rings. The molecule has 2 unspecified atom stereocenters. The van der Waals surface area contributed by atoms with E-state index in [2.05, 4.69) is 50.3 Å². The van der Waals surface area contributed by atoms with Crippen LogP contribution in [0.15, 0.2) is 36.5 Å². The van der Waals surface area contributed by atoms with Crippen molar-refractivity contribution in [3.05, 3.63) is 36.5 Å². The predicted octanol–water partition coefficient (Wildman–Crippen LogP) is 13.4. The molecule has 0 aliphatic carbocycles. The number of hydrogen-bond donors (Lipinski definition) is 1. The highest BCUT2D eigenvalue weighted by Crippen LogP contribution is 2.43. The SMILES string of the molecule is CCCC/C=C\CCCCCCCCOCC(COP(=O)(O)OCC[N+](C)(C)C)OC(=O)CCCCCCCCCCC/C=C\C/C=C\CCCCCCC. The van der Waals surface area contributed by atoms with Crippen molar-refractivity contribution in [3.8, 4) is 0 Å². The normalized spacial score (nSPS) is 14.1. The first kappa shape index (κ1) is 53.7. The minimum atomic E-state index is -4.27. The van der Waals surface area contributed by atoms with Crippen LogP contribution in [0.5, 0.6) is 0 Å². The molecule has 0 aromatic rings. The average Bonchev–Trinajstić information content (AvgIpc) is 3.13. The monoisotopic (exact) mass is 799 g/mol. The van der Waals surface area contributed by atoms with Gasteiger partial charge in [0.2, 0.25) is 0 Å². The molecular formula is C46H89NO7P+. The molecule has 55 heavy (non-hydrogen) atoms. The average molecular weight is 799 g/mol. The van der Waals surface area contributed by atoms with Crippen molar-refractivity contribution in [2.45, 2.75) is 200 Å². The third-order valence-corrected chi connectivity index (χ3v) is 10.7. The van der Waals surface area contributed by atoms with Gasteiger partial charge in [-0.15, -0.1) is 0 Å². The van der Waals surface area contributed by atoms with Crippen LogP contribution in [0, 0.1) is 0 Å². The van der Waals surface area contributed by atoms with Gasteiger partial charge in [-0.05, 0) is 64.2 Å². The van der Waals surface area contributed by atoms with Crippen molar-refractivity contribution in [2.75, 3.05) is 54.1 Å². The number of ether oxygens (including phenoxy) is 2. The molecule has 0 spiro atoms. The molecule has 0 radical (unpaired) electrons. The number of phosphoric ester groups is 1. The summed E-state index contributed by atoms with van der Waals surface area (Å²) in [5.41, 5.74) is 0. The van der Waals surface area contributed by atoms with Crippen molar-refractivity contribution in [3.63, 3.8) is 0 Å². The predicted molar refractivity (Wildman–Crippen MR) is 233 cm³/mol. The standard InChI is InChI=1S/C46H88NO7P/c1-6-8-10-12-14-16-18-20-21-22-23-24-25-26-27-28-29-31-33-35-37-39-46(48)54-45(44-53-55(49,50)52-42-40-47(3,4)5)43-51-41-38-36-34-32-30-19-17-15-13-11-9-7-2/h13,15,18,20,22-23,45H,6-12,14,16-17,19,21,24-44H2,1-5H3/p+1/b15-13-,20-18-,23-22-. The molecule has 324 valence electrons. The van der Waals surface area contributed by atoms with Crippen LogP contribution in [-0.4, -0.2) is 75.6 Å². The lowest BCUT2D eigenvalue weighted by atomic mass is 10.1. The maximum absolute atomic E-state index is 12.7. The van der Waals surface area contributed by atoms with E-state index >= 15 is 0 Å². The first-order valence-electron chi connectivity index (χ1n) is 22.7. The number of nitrogens with zero attached hydrogens (tertiary/aromatic N) is 1. The van der Waals surface area contributed by atoms with Crippen LogP contribution in [0.1, 0.15) is 194 Å². The van der Waals surface area contributed by atoms with Gasteiger partial charge in [-0.1, -0.05) is 159 Å². The van der Waals surface area contributed by atoms with Crippen LogP contribution in [0.25, 0.3) is 0 Å². The van der Waals surface area contributed by atoms with Gasteiger partial charge in [0, 0.05) is 13.0 Å². The van der Waals surface area contributed by atoms with E-state index < -0.39 is 13.9 Å². The zero-order valence-electron chi connectivity index (χ0n) is 36.7. The summed E-state index contributed by atoms with van der Waals surface area (Å²) < 4.78 is 35.0. The lowest BCUT2D eigenvalue weighted by Crippen LogP contribution is -2.37. The summed E-state index contributed by atoms with van der Waals surface area (Å²) in [5, 5.41) is 0. The van der Waals surface area contributed by atoms with Crippen LogP contribution in [0.3, 0.4) is 0 Å². The van der Waals surface area contributed by atoms with E-state index in [0.29, 0.717) is 24.1 Å². The number of carbonyl (C=O) groups is 1. The highest BCUT2D eigenvalue weighted by Gasteiger charge is 2.26. The molecule has 0 rings (SSSR count). The zero-order valence-corrected chi connectivity index (χ0v) is 37.6. The second-order valence-electron chi connectivity index (χ2n) is 16.4. The van der Waals surface area contributed by atoms with Crippen molar-refractivity contribution in [2.24, 2.45) is 0 Å². The van der Waals surface area contributed by atoms with E-state index in [0.717, 1.165) is 38.5 Å². The molecule has 0 aliphatic rings. The quantitative estimate of drug-likeness (QED) is 0.0216. The van der Waals surface area contributed by atoms with Gasteiger partial charge in [0.1, 0.15) is 19.3 Å². The minimum absolute atomic E-state index is 0.0864. The Morgan fingerprint density at radius 2 is 1.02 bits per heavy atom. The summed E-state index contributed by atoms with van der Waals surface area (Å²) in [5.74, 6) is -0.320. The van der Waals surface area contributed by atoms with Gasteiger partial charge in [-0.2, -0.15) is 0 Å². The Balaban J connectivity index is 4.18. The fraction of sp³-hybridized carbons (Fsp3) is 0.848. The van der Waals surface area contributed by atoms with Crippen LogP contribution < -0.4 is 0 Å². The Labute approximate surface area is 340 Å². The second kappa shape index (κ2) is 39.5. The van der Waals surface area contributed by atoms with Crippen molar-refractivity contribution in [1.82, 2.24) is 0 Å². The van der Waals surface area contributed by atoms with Crippen molar-refractivity contribution < 1.29 is 37.3 Å². The van der Waals surface area contributed by atoms with E-state index in [-0.39, 0.29) is 25.8 Å². The molecule has 0 saturated carbocycles. The summed E-state index contributed by atoms with van der Waals surface area (Å²) in [7, 11) is 1.66. The van der Waals surface area contributed by atoms with Gasteiger partial charge < -0.3 is 18.9 Å². The van der Waals surface area contributed by atoms with E-state index in [4.69, 9.17) is 18.5 Å². The van der Waals surface area contributed by atoms with Gasteiger partial charge >= 0.3 is 13.8 Å². The van der Waals surface area contributed by atoms with E-state index in [1.54, 1.807) is 0 Å². The fourth-order valence-corrected chi connectivity index (χ4v) is 6.83. The highest BCUT2D eigenvalue weighted by molar-refractivity contribution is 7.47. The molecule has 2 atom stereocenters. The number of carbonyl (C=O) groups excluding carboxylic acids is 1. The Morgan fingerprint density at radius 3 is 1.55 bits per heavy atom. The molecule has 0 heterocycles. The van der Waals surface area contributed by atoms with Gasteiger partial charge in [-0.3, -0.25) is 13.8 Å². The first-order chi connectivity index (χ1) is 26.6. The van der Waals surface area contributed by atoms with Crippen LogP contribution in [-0.2, 0) is 27.9 Å². The third kappa shape index (κ3) is 43.7. The number of quaternary nitrogens is 1. The molecule has 0 amide bonds. The topological polar surface area (TPSA) is 91.3 Å². The number of hydrogen-bond acceptors (Lipinski definition) is 6. The van der Waals surface area contributed by atoms with Gasteiger partial charge in [0.25, 0.3) is 0 Å². The number of phosphoric acid groups is 1. The van der Waals surface area contributed by atoms with Gasteiger partial charge in [0.05, 0.1) is 34.4 Å². The number of esters is 1. The summed E-state index contributed by atoms with van der Waals surface area (Å²) in [6.07, 6.45) is 46.0. The lowest BCUT2D eigenvalue weighted by Gasteiger charge is -2.24. The molecule has 8 nitrogen and oxygen atoms in total. The second-order valence-corrected chi connectivity index (χ2v) is 17.9. The molecule has 0 saturated heterocycles. The number of unbranched alkanes of at least 4 members (excludes halogenated alkanes) is 22. The molecule has 1 N–H and O–H groups in total. The minimum Gasteiger partial charge on any atom is -0.457 e. The molecule has 9 heteroatoms. The van der Waals surface area contributed by atoms with E-state index in [1.165, 1.54) is 135 Å². The lowest BCUT2D eigenvalue weighted by molar-refractivity contribution is -0.870. The largest absolute Gasteiger partial charge is 0.472 e. The Bertz CT molecular complexity index is 978. The molecule has 0 aromatic carbocycles. The molecule has 0 aromatic heterocycles. The number of allylic oxidation sites excluding steroid dienone is 6. The van der Waals surface area contributed by atoms with E-state index in [1.807, 2.05) is 21.1 Å². The van der Waals surface area contributed by atoms with Gasteiger partial charge in [0.15, 0.2) is 0 Å². The van der Waals surface area contributed by atoms with Gasteiger partial charge in [-0.25, -0.2) is 4.57 Å². The smallest absolute Gasteiger partial charge is 0.457 e. The Hall–Kier alpha value is -1.28. The van der Waals surface area contributed by atoms with Crippen molar-refractivity contribution in [1.29, 1.82) is 0 Å². The molecule has 0 aliphatic heterocycles. The zero-order chi connectivity index (χ0) is 40.6. The van der Waals surface area contributed by atoms with Crippen LogP contribution in [0.4, 0.5) is 0 Å². The molecule has 0 bridgehead atoms. The maximum atomic E-state index is 12.7. The van der Waals surface area contributed by atoms with Crippen LogP contribution >= 0.6 is 7.82 Å². The summed E-state index contributed by atoms with van der Waals surface area (Å²) in [4.78, 5) is 22.9. The van der Waals surface area contributed by atoms with E-state index in [9.17, 15) is 14.3 Å². The molecular weight excluding hydrogens is 709 g/mol. The Morgan fingerprint density at radius 1 is 0.564 bits per heavy atom. The third-order valence-electron chi connectivity index (χ3n) is 9.67. The highest BCUT2D eigenvalue weighted by atomic mass is 31.2. The first-order valence-corrected chi connectivity index (χ1v) is 24.2. The number of likely N-dealkylation sites (N-methyl/N-ethyl adjacent to an activating group) is 1.